The van der Waals surface area contributed by atoms with Crippen molar-refractivity contribution in [2.75, 3.05) is 18.9 Å². The molecule has 0 aliphatic carbocycles. The van der Waals surface area contributed by atoms with E-state index in [4.69, 9.17) is 23.2 Å². The molecule has 2 rings (SSSR count). The number of likely N-dealkylation sites (N-methyl/N-ethyl adjacent to an activating group) is 1. The first kappa shape index (κ1) is 15.8. The molecule has 0 saturated carbocycles. The van der Waals surface area contributed by atoms with E-state index in [1.807, 2.05) is 36.2 Å². The summed E-state index contributed by atoms with van der Waals surface area (Å²) in [5.41, 5.74) is 1.77. The van der Waals surface area contributed by atoms with Crippen molar-refractivity contribution in [1.29, 1.82) is 0 Å². The first-order chi connectivity index (χ1) is 10.0. The SMILES string of the molecule is CN(CC(=O)Nc1cccc(Cl)c1)Cc1cccc(Cl)c1. The average molecular weight is 323 g/mol. The normalized spacial score (nSPS) is 10.7. The molecule has 0 bridgehead atoms. The van der Waals surface area contributed by atoms with Gasteiger partial charge in [0, 0.05) is 22.3 Å². The molecule has 0 spiro atoms. The largest absolute Gasteiger partial charge is 0.325 e. The number of carbonyl (C=O) groups is 1. The van der Waals surface area contributed by atoms with Gasteiger partial charge in [0.1, 0.15) is 0 Å². The van der Waals surface area contributed by atoms with E-state index in [1.54, 1.807) is 24.3 Å². The van der Waals surface area contributed by atoms with Crippen LogP contribution in [0, 0.1) is 0 Å². The number of nitrogens with one attached hydrogen (secondary N) is 1. The lowest BCUT2D eigenvalue weighted by Gasteiger charge is -2.16. The highest BCUT2D eigenvalue weighted by Crippen LogP contribution is 2.15. The van der Waals surface area contributed by atoms with Crippen LogP contribution >= 0.6 is 23.2 Å². The van der Waals surface area contributed by atoms with E-state index in [0.717, 1.165) is 5.56 Å². The predicted octanol–water partition coefficient (Wildman–Crippen LogP) is 4.06. The maximum Gasteiger partial charge on any atom is 0.238 e. The molecule has 1 amide bonds. The zero-order valence-corrected chi connectivity index (χ0v) is 13.2. The molecule has 0 fully saturated rings. The highest BCUT2D eigenvalue weighted by Gasteiger charge is 2.08. The Kier molecular flexibility index (Phi) is 5.62. The highest BCUT2D eigenvalue weighted by atomic mass is 35.5. The van der Waals surface area contributed by atoms with Crippen molar-refractivity contribution >= 4 is 34.8 Å². The number of amides is 1. The van der Waals surface area contributed by atoms with Gasteiger partial charge in [-0.1, -0.05) is 41.4 Å². The van der Waals surface area contributed by atoms with Gasteiger partial charge in [0.15, 0.2) is 0 Å². The molecule has 0 saturated heterocycles. The van der Waals surface area contributed by atoms with Gasteiger partial charge < -0.3 is 5.32 Å². The lowest BCUT2D eigenvalue weighted by atomic mass is 10.2. The number of hydrogen-bond acceptors (Lipinski definition) is 2. The quantitative estimate of drug-likeness (QED) is 0.900. The topological polar surface area (TPSA) is 32.3 Å². The van der Waals surface area contributed by atoms with Crippen molar-refractivity contribution in [3.05, 3.63) is 64.1 Å². The molecule has 0 unspecified atom stereocenters. The van der Waals surface area contributed by atoms with Gasteiger partial charge in [-0.2, -0.15) is 0 Å². The van der Waals surface area contributed by atoms with Gasteiger partial charge in [-0.15, -0.1) is 0 Å². The molecular weight excluding hydrogens is 307 g/mol. The summed E-state index contributed by atoms with van der Waals surface area (Å²) in [6, 6.07) is 14.7. The molecule has 2 aromatic rings. The Balaban J connectivity index is 1.87. The molecule has 1 N–H and O–H groups in total. The van der Waals surface area contributed by atoms with Gasteiger partial charge >= 0.3 is 0 Å². The number of rotatable bonds is 5. The maximum absolute atomic E-state index is 12.0. The first-order valence-electron chi connectivity index (χ1n) is 6.51. The highest BCUT2D eigenvalue weighted by molar-refractivity contribution is 6.31. The summed E-state index contributed by atoms with van der Waals surface area (Å²) in [7, 11) is 1.89. The van der Waals surface area contributed by atoms with Gasteiger partial charge in [-0.25, -0.2) is 0 Å². The Bertz CT molecular complexity index is 631. The smallest absolute Gasteiger partial charge is 0.238 e. The monoisotopic (exact) mass is 322 g/mol. The molecule has 2 aromatic carbocycles. The Labute approximate surface area is 134 Å². The first-order valence-corrected chi connectivity index (χ1v) is 7.27. The van der Waals surface area contributed by atoms with Gasteiger partial charge in [-0.3, -0.25) is 9.69 Å². The van der Waals surface area contributed by atoms with Crippen molar-refractivity contribution in [2.45, 2.75) is 6.54 Å². The summed E-state index contributed by atoms with van der Waals surface area (Å²) in [4.78, 5) is 13.9. The fourth-order valence-electron chi connectivity index (χ4n) is 2.01. The second kappa shape index (κ2) is 7.46. The van der Waals surface area contributed by atoms with E-state index in [0.29, 0.717) is 28.8 Å². The summed E-state index contributed by atoms with van der Waals surface area (Å²) in [6.45, 7) is 0.947. The number of carbonyl (C=O) groups excluding carboxylic acids is 1. The van der Waals surface area contributed by atoms with Crippen LogP contribution in [0.1, 0.15) is 5.56 Å². The van der Waals surface area contributed by atoms with E-state index in [2.05, 4.69) is 5.32 Å². The molecule has 5 heteroatoms. The summed E-state index contributed by atoms with van der Waals surface area (Å²) >= 11 is 11.8. The maximum atomic E-state index is 12.0. The summed E-state index contributed by atoms with van der Waals surface area (Å²) in [5.74, 6) is -0.0817. The van der Waals surface area contributed by atoms with E-state index >= 15 is 0 Å². The van der Waals surface area contributed by atoms with E-state index in [1.165, 1.54) is 0 Å². The van der Waals surface area contributed by atoms with Crippen LogP contribution in [-0.2, 0) is 11.3 Å². The van der Waals surface area contributed by atoms with E-state index in [-0.39, 0.29) is 5.91 Å². The molecule has 0 aliphatic rings. The van der Waals surface area contributed by atoms with Crippen molar-refractivity contribution < 1.29 is 4.79 Å². The zero-order valence-electron chi connectivity index (χ0n) is 11.6. The van der Waals surface area contributed by atoms with Gasteiger partial charge in [0.05, 0.1) is 6.54 Å². The molecule has 0 aromatic heterocycles. The minimum atomic E-state index is -0.0817. The van der Waals surface area contributed by atoms with Crippen LogP contribution < -0.4 is 5.32 Å². The van der Waals surface area contributed by atoms with Crippen molar-refractivity contribution in [3.8, 4) is 0 Å². The molecule has 0 atom stereocenters. The van der Waals surface area contributed by atoms with Crippen LogP contribution in [0.15, 0.2) is 48.5 Å². The lowest BCUT2D eigenvalue weighted by molar-refractivity contribution is -0.117. The summed E-state index contributed by atoms with van der Waals surface area (Å²) in [5, 5.41) is 4.12. The van der Waals surface area contributed by atoms with Gasteiger partial charge in [0.25, 0.3) is 0 Å². The third kappa shape index (κ3) is 5.38. The standard InChI is InChI=1S/C16H16Cl2N2O/c1-20(10-12-4-2-5-13(17)8-12)11-16(21)19-15-7-3-6-14(18)9-15/h2-9H,10-11H2,1H3,(H,19,21). The average Bonchev–Trinajstić information content (AvgIpc) is 2.38. The predicted molar refractivity (Wildman–Crippen MR) is 87.9 cm³/mol. The third-order valence-electron chi connectivity index (χ3n) is 2.86. The number of anilines is 1. The van der Waals surface area contributed by atoms with Crippen molar-refractivity contribution in [2.24, 2.45) is 0 Å². The summed E-state index contributed by atoms with van der Waals surface area (Å²) in [6.07, 6.45) is 0. The second-order valence-electron chi connectivity index (χ2n) is 4.86. The molecule has 3 nitrogen and oxygen atoms in total. The van der Waals surface area contributed by atoms with Gasteiger partial charge in [-0.05, 0) is 42.9 Å². The van der Waals surface area contributed by atoms with Crippen LogP contribution in [0.25, 0.3) is 0 Å². The van der Waals surface area contributed by atoms with Gasteiger partial charge in [0.2, 0.25) is 5.91 Å². The number of nitrogens with zero attached hydrogens (tertiary/aromatic N) is 1. The minimum Gasteiger partial charge on any atom is -0.325 e. The molecule has 0 heterocycles. The van der Waals surface area contributed by atoms with Crippen LogP contribution in [-0.4, -0.2) is 24.4 Å². The summed E-state index contributed by atoms with van der Waals surface area (Å²) < 4.78 is 0. The Morgan fingerprint density at radius 3 is 2.43 bits per heavy atom. The fraction of sp³-hybridized carbons (Fsp3) is 0.188. The Hall–Kier alpha value is -1.55. The van der Waals surface area contributed by atoms with Crippen LogP contribution in [0.5, 0.6) is 0 Å². The van der Waals surface area contributed by atoms with Crippen molar-refractivity contribution in [1.82, 2.24) is 4.90 Å². The molecule has 21 heavy (non-hydrogen) atoms. The minimum absolute atomic E-state index is 0.0817. The zero-order chi connectivity index (χ0) is 15.2. The van der Waals surface area contributed by atoms with E-state index in [9.17, 15) is 4.79 Å². The third-order valence-corrected chi connectivity index (χ3v) is 3.33. The van der Waals surface area contributed by atoms with Crippen molar-refractivity contribution in [3.63, 3.8) is 0 Å². The van der Waals surface area contributed by atoms with Crippen LogP contribution in [0.4, 0.5) is 5.69 Å². The Morgan fingerprint density at radius 2 is 1.76 bits per heavy atom. The number of benzene rings is 2. The molecule has 0 aliphatic heterocycles. The fourth-order valence-corrected chi connectivity index (χ4v) is 2.42. The van der Waals surface area contributed by atoms with E-state index < -0.39 is 0 Å². The molecule has 0 radical (unpaired) electrons. The van der Waals surface area contributed by atoms with Crippen LogP contribution in [0.3, 0.4) is 0 Å². The van der Waals surface area contributed by atoms with Crippen LogP contribution in [0.2, 0.25) is 10.0 Å². The lowest BCUT2D eigenvalue weighted by Crippen LogP contribution is -2.29. The second-order valence-corrected chi connectivity index (χ2v) is 5.73. The molecular formula is C16H16Cl2N2O. The number of halogens is 2. The number of hydrogen-bond donors (Lipinski definition) is 1. The molecule has 110 valence electrons. The Morgan fingerprint density at radius 1 is 1.10 bits per heavy atom.